The molecule has 0 saturated carbocycles. The first-order valence-corrected chi connectivity index (χ1v) is 6.99. The Balaban J connectivity index is 1.69. The highest BCUT2D eigenvalue weighted by molar-refractivity contribution is 5.94. The fourth-order valence-electron chi connectivity index (χ4n) is 1.91. The summed E-state index contributed by atoms with van der Waals surface area (Å²) < 4.78 is 12.7. The highest BCUT2D eigenvalue weighted by Crippen LogP contribution is 2.07. The van der Waals surface area contributed by atoms with Gasteiger partial charge in [-0.05, 0) is 36.2 Å². The van der Waals surface area contributed by atoms with Crippen molar-refractivity contribution in [1.29, 1.82) is 0 Å². The maximum atomic E-state index is 12.7. The van der Waals surface area contributed by atoms with Crippen LogP contribution < -0.4 is 10.6 Å². The Kier molecular flexibility index (Phi) is 5.65. The van der Waals surface area contributed by atoms with Crippen LogP contribution in [-0.4, -0.2) is 18.4 Å². The molecule has 0 aliphatic rings. The average molecular weight is 300 g/mol. The smallest absolute Gasteiger partial charge is 0.243 e. The maximum Gasteiger partial charge on any atom is 0.243 e. The Morgan fingerprint density at radius 1 is 0.909 bits per heavy atom. The molecule has 2 N–H and O–H groups in total. The van der Waals surface area contributed by atoms with Gasteiger partial charge in [-0.2, -0.15) is 0 Å². The molecule has 2 rings (SSSR count). The van der Waals surface area contributed by atoms with Crippen molar-refractivity contribution < 1.29 is 14.0 Å². The normalized spacial score (nSPS) is 10.0. The third-order valence-corrected chi connectivity index (χ3v) is 3.06. The number of hydrogen-bond acceptors (Lipinski definition) is 2. The predicted octanol–water partition coefficient (Wildman–Crippen LogP) is 2.51. The second-order valence-corrected chi connectivity index (χ2v) is 4.82. The van der Waals surface area contributed by atoms with E-state index in [2.05, 4.69) is 10.6 Å². The first-order valence-electron chi connectivity index (χ1n) is 6.99. The lowest BCUT2D eigenvalue weighted by Gasteiger charge is -2.07. The maximum absolute atomic E-state index is 12.7. The zero-order valence-corrected chi connectivity index (χ0v) is 12.0. The molecule has 0 aromatic heterocycles. The number of rotatable bonds is 6. The summed E-state index contributed by atoms with van der Waals surface area (Å²) in [5.41, 5.74) is 1.57. The van der Waals surface area contributed by atoms with E-state index in [1.807, 2.05) is 30.3 Å². The molecule has 0 radical (unpaired) electrons. The molecule has 0 aliphatic carbocycles. The lowest BCUT2D eigenvalue weighted by atomic mass is 10.1. The van der Waals surface area contributed by atoms with Crippen molar-refractivity contribution in [3.8, 4) is 0 Å². The number of halogens is 1. The highest BCUT2D eigenvalue weighted by Gasteiger charge is 2.06. The zero-order chi connectivity index (χ0) is 15.8. The first-order chi connectivity index (χ1) is 10.6. The Morgan fingerprint density at radius 2 is 1.59 bits per heavy atom. The second-order valence-electron chi connectivity index (χ2n) is 4.82. The van der Waals surface area contributed by atoms with E-state index in [1.165, 1.54) is 24.3 Å². The quantitative estimate of drug-likeness (QED) is 0.861. The molecule has 2 aromatic carbocycles. The van der Waals surface area contributed by atoms with Crippen molar-refractivity contribution in [1.82, 2.24) is 5.32 Å². The van der Waals surface area contributed by atoms with E-state index in [0.717, 1.165) is 5.56 Å². The molecule has 0 spiro atoms. The van der Waals surface area contributed by atoms with Crippen LogP contribution in [0.2, 0.25) is 0 Å². The molecule has 4 nitrogen and oxygen atoms in total. The first kappa shape index (κ1) is 15.7. The summed E-state index contributed by atoms with van der Waals surface area (Å²) in [7, 11) is 0. The summed E-state index contributed by atoms with van der Waals surface area (Å²) in [6.07, 6.45) is 0.958. The van der Waals surface area contributed by atoms with Crippen LogP contribution in [0.3, 0.4) is 0 Å². The van der Waals surface area contributed by atoms with Gasteiger partial charge in [-0.1, -0.05) is 30.3 Å². The van der Waals surface area contributed by atoms with Gasteiger partial charge < -0.3 is 10.6 Å². The summed E-state index contributed by atoms with van der Waals surface area (Å²) in [4.78, 5) is 23.3. The standard InChI is InChI=1S/C17H17FN2O2/c18-14-7-9-15(10-8-14)20-17(22)12-19-16(21)11-6-13-4-2-1-3-5-13/h1-5,7-10H,6,11-12H2,(H,19,21)(H,20,22). The SMILES string of the molecule is O=C(CCc1ccccc1)NCC(=O)Nc1ccc(F)cc1. The number of hydrogen-bond donors (Lipinski definition) is 2. The van der Waals surface area contributed by atoms with Crippen LogP contribution in [0, 0.1) is 5.82 Å². The van der Waals surface area contributed by atoms with Crippen molar-refractivity contribution in [2.75, 3.05) is 11.9 Å². The molecule has 0 aliphatic heterocycles. The third kappa shape index (κ3) is 5.36. The average Bonchev–Trinajstić information content (AvgIpc) is 2.54. The number of amides is 2. The van der Waals surface area contributed by atoms with Crippen LogP contribution in [0.15, 0.2) is 54.6 Å². The van der Waals surface area contributed by atoms with E-state index in [9.17, 15) is 14.0 Å². The second kappa shape index (κ2) is 7.93. The van der Waals surface area contributed by atoms with E-state index in [-0.39, 0.29) is 24.2 Å². The van der Waals surface area contributed by atoms with Crippen LogP contribution in [0.25, 0.3) is 0 Å². The van der Waals surface area contributed by atoms with Gasteiger partial charge in [-0.3, -0.25) is 9.59 Å². The van der Waals surface area contributed by atoms with Crippen LogP contribution in [0.1, 0.15) is 12.0 Å². The number of anilines is 1. The fourth-order valence-corrected chi connectivity index (χ4v) is 1.91. The largest absolute Gasteiger partial charge is 0.347 e. The lowest BCUT2D eigenvalue weighted by Crippen LogP contribution is -2.32. The third-order valence-electron chi connectivity index (χ3n) is 3.06. The minimum Gasteiger partial charge on any atom is -0.347 e. The topological polar surface area (TPSA) is 58.2 Å². The molecule has 0 heterocycles. The molecule has 114 valence electrons. The summed E-state index contributed by atoms with van der Waals surface area (Å²) in [5.74, 6) is -0.898. The van der Waals surface area contributed by atoms with Gasteiger partial charge in [-0.25, -0.2) is 4.39 Å². The molecule has 0 unspecified atom stereocenters. The van der Waals surface area contributed by atoms with Gasteiger partial charge in [0.05, 0.1) is 6.54 Å². The van der Waals surface area contributed by atoms with Gasteiger partial charge in [0.15, 0.2) is 0 Å². The van der Waals surface area contributed by atoms with E-state index in [4.69, 9.17) is 0 Å². The van der Waals surface area contributed by atoms with Gasteiger partial charge in [0.1, 0.15) is 5.82 Å². The number of aryl methyl sites for hydroxylation is 1. The summed E-state index contributed by atoms with van der Waals surface area (Å²) >= 11 is 0. The van der Waals surface area contributed by atoms with E-state index in [0.29, 0.717) is 18.5 Å². The van der Waals surface area contributed by atoms with Crippen LogP contribution in [0.5, 0.6) is 0 Å². The molecule has 0 saturated heterocycles. The minimum absolute atomic E-state index is 0.106. The molecule has 2 amide bonds. The Labute approximate surface area is 128 Å². The van der Waals surface area contributed by atoms with Crippen molar-refractivity contribution in [2.45, 2.75) is 12.8 Å². The van der Waals surface area contributed by atoms with Crippen molar-refractivity contribution >= 4 is 17.5 Å². The number of nitrogens with one attached hydrogen (secondary N) is 2. The molecule has 2 aromatic rings. The zero-order valence-electron chi connectivity index (χ0n) is 12.0. The Hall–Kier alpha value is -2.69. The molecule has 0 fully saturated rings. The molecule has 0 bridgehead atoms. The monoisotopic (exact) mass is 300 g/mol. The van der Waals surface area contributed by atoms with Gasteiger partial charge in [0, 0.05) is 12.1 Å². The van der Waals surface area contributed by atoms with Crippen LogP contribution in [-0.2, 0) is 16.0 Å². The van der Waals surface area contributed by atoms with Gasteiger partial charge in [0.2, 0.25) is 11.8 Å². The summed E-state index contributed by atoms with van der Waals surface area (Å²) in [6.45, 7) is -0.106. The Bertz CT molecular complexity index is 627. The van der Waals surface area contributed by atoms with Crippen molar-refractivity contribution in [2.24, 2.45) is 0 Å². The minimum atomic E-state index is -0.368. The van der Waals surface area contributed by atoms with Crippen LogP contribution in [0.4, 0.5) is 10.1 Å². The van der Waals surface area contributed by atoms with Gasteiger partial charge in [0.25, 0.3) is 0 Å². The van der Waals surface area contributed by atoms with Crippen LogP contribution >= 0.6 is 0 Å². The predicted molar refractivity (Wildman–Crippen MR) is 82.8 cm³/mol. The highest BCUT2D eigenvalue weighted by atomic mass is 19.1. The fraction of sp³-hybridized carbons (Fsp3) is 0.176. The van der Waals surface area contributed by atoms with Crippen molar-refractivity contribution in [3.63, 3.8) is 0 Å². The number of carbonyl (C=O) groups excluding carboxylic acids is 2. The molecular formula is C17H17FN2O2. The lowest BCUT2D eigenvalue weighted by molar-refractivity contribution is -0.124. The van der Waals surface area contributed by atoms with E-state index < -0.39 is 0 Å². The summed E-state index contributed by atoms with van der Waals surface area (Å²) in [5, 5.41) is 5.14. The Morgan fingerprint density at radius 3 is 2.27 bits per heavy atom. The van der Waals surface area contributed by atoms with Crippen molar-refractivity contribution in [3.05, 3.63) is 66.0 Å². The molecule has 0 atom stereocenters. The molecule has 5 heteroatoms. The number of carbonyl (C=O) groups is 2. The number of benzene rings is 2. The van der Waals surface area contributed by atoms with E-state index >= 15 is 0 Å². The summed E-state index contributed by atoms with van der Waals surface area (Å²) in [6, 6.07) is 15.1. The van der Waals surface area contributed by atoms with Gasteiger partial charge in [-0.15, -0.1) is 0 Å². The van der Waals surface area contributed by atoms with Gasteiger partial charge >= 0.3 is 0 Å². The van der Waals surface area contributed by atoms with E-state index in [1.54, 1.807) is 0 Å². The molecule has 22 heavy (non-hydrogen) atoms. The molecular weight excluding hydrogens is 283 g/mol.